The highest BCUT2D eigenvalue weighted by Crippen LogP contribution is 2.28. The summed E-state index contributed by atoms with van der Waals surface area (Å²) in [7, 11) is 0. The van der Waals surface area contributed by atoms with Crippen LogP contribution in [-0.4, -0.2) is 34.3 Å². The van der Waals surface area contributed by atoms with Gasteiger partial charge in [0.15, 0.2) is 0 Å². The Kier molecular flexibility index (Phi) is 4.62. The third kappa shape index (κ3) is 3.17. The molecule has 0 unspecified atom stereocenters. The van der Waals surface area contributed by atoms with Crippen LogP contribution in [0.5, 0.6) is 0 Å². The molecule has 2 amide bonds. The molecule has 0 spiro atoms. The monoisotopic (exact) mass is 347 g/mol. The zero-order valence-electron chi connectivity index (χ0n) is 13.2. The van der Waals surface area contributed by atoms with E-state index in [9.17, 15) is 14.0 Å². The van der Waals surface area contributed by atoms with E-state index in [0.29, 0.717) is 23.5 Å². The molecule has 0 saturated carbocycles. The van der Waals surface area contributed by atoms with Gasteiger partial charge in [0.25, 0.3) is 5.91 Å². The Labute approximate surface area is 143 Å². The summed E-state index contributed by atoms with van der Waals surface area (Å²) in [5.41, 5.74) is 6.03. The van der Waals surface area contributed by atoms with Crippen molar-refractivity contribution in [3.8, 4) is 10.6 Å². The van der Waals surface area contributed by atoms with Crippen LogP contribution in [0.15, 0.2) is 29.6 Å². The molecule has 1 aromatic heterocycles. The molecule has 5 nitrogen and oxygen atoms in total. The molecule has 2 N–H and O–H groups in total. The summed E-state index contributed by atoms with van der Waals surface area (Å²) in [6.07, 6.45) is 1.42. The third-order valence-corrected chi connectivity index (χ3v) is 5.25. The lowest BCUT2D eigenvalue weighted by atomic mass is 9.93. The molecule has 3 rings (SSSR count). The molecule has 126 valence electrons. The number of thiazole rings is 1. The van der Waals surface area contributed by atoms with Crippen molar-refractivity contribution in [3.05, 3.63) is 41.2 Å². The average Bonchev–Trinajstić information content (AvgIpc) is 3.04. The normalized spacial score (nSPS) is 20.8. The summed E-state index contributed by atoms with van der Waals surface area (Å²) in [5, 5.41) is 2.10. The zero-order valence-corrected chi connectivity index (χ0v) is 14.1. The molecule has 0 bridgehead atoms. The Balaban J connectivity index is 1.83. The van der Waals surface area contributed by atoms with Gasteiger partial charge in [0.05, 0.1) is 5.92 Å². The van der Waals surface area contributed by atoms with Gasteiger partial charge in [-0.05, 0) is 31.9 Å². The number of carbonyl (C=O) groups excluding carboxylic acids is 2. The Bertz CT molecular complexity index is 777. The van der Waals surface area contributed by atoms with E-state index in [4.69, 9.17) is 5.73 Å². The Morgan fingerprint density at radius 2 is 2.08 bits per heavy atom. The number of rotatable bonds is 3. The van der Waals surface area contributed by atoms with Crippen LogP contribution < -0.4 is 5.73 Å². The predicted molar refractivity (Wildman–Crippen MR) is 89.9 cm³/mol. The molecule has 1 aliphatic heterocycles. The van der Waals surface area contributed by atoms with Gasteiger partial charge in [-0.15, -0.1) is 11.3 Å². The van der Waals surface area contributed by atoms with Gasteiger partial charge in [0.2, 0.25) is 5.91 Å². The smallest absolute Gasteiger partial charge is 0.273 e. The number of primary amides is 1. The van der Waals surface area contributed by atoms with Gasteiger partial charge in [-0.2, -0.15) is 0 Å². The maximum absolute atomic E-state index is 13.9. The summed E-state index contributed by atoms with van der Waals surface area (Å²) in [6.45, 7) is 2.25. The van der Waals surface area contributed by atoms with E-state index in [-0.39, 0.29) is 35.3 Å². The number of nitrogens with zero attached hydrogens (tertiary/aromatic N) is 2. The molecule has 24 heavy (non-hydrogen) atoms. The molecule has 1 aromatic carbocycles. The molecule has 2 heterocycles. The Morgan fingerprint density at radius 3 is 2.79 bits per heavy atom. The highest BCUT2D eigenvalue weighted by Gasteiger charge is 2.33. The highest BCUT2D eigenvalue weighted by atomic mass is 32.1. The van der Waals surface area contributed by atoms with E-state index in [2.05, 4.69) is 4.98 Å². The first kappa shape index (κ1) is 16.6. The summed E-state index contributed by atoms with van der Waals surface area (Å²) >= 11 is 1.23. The first-order valence-electron chi connectivity index (χ1n) is 7.78. The average molecular weight is 347 g/mol. The van der Waals surface area contributed by atoms with E-state index in [1.807, 2.05) is 6.92 Å². The lowest BCUT2D eigenvalue weighted by Gasteiger charge is -2.36. The molecule has 2 aromatic rings. The van der Waals surface area contributed by atoms with Crippen LogP contribution in [0.3, 0.4) is 0 Å². The van der Waals surface area contributed by atoms with Crippen molar-refractivity contribution in [1.82, 2.24) is 9.88 Å². The topological polar surface area (TPSA) is 76.3 Å². The summed E-state index contributed by atoms with van der Waals surface area (Å²) in [4.78, 5) is 30.1. The van der Waals surface area contributed by atoms with Gasteiger partial charge in [-0.3, -0.25) is 9.59 Å². The Hall–Kier alpha value is -2.28. The maximum atomic E-state index is 13.9. The SMILES string of the molecule is C[C@H]1CC[C@@H](C(N)=O)CN1C(=O)c1csc(-c2ccccc2F)n1. The molecule has 7 heteroatoms. The third-order valence-electron chi connectivity index (χ3n) is 4.37. The number of likely N-dealkylation sites (tertiary alicyclic amines) is 1. The number of nitrogens with two attached hydrogens (primary N) is 1. The standard InChI is InChI=1S/C17H18FN3O2S/c1-10-6-7-11(15(19)22)8-21(10)17(23)14-9-24-16(20-14)12-4-2-3-5-13(12)18/h2-5,9-11H,6-8H2,1H3,(H2,19,22)/t10-,11+/m0/s1. The number of halogens is 1. The van der Waals surface area contributed by atoms with E-state index < -0.39 is 0 Å². The number of amides is 2. The second-order valence-electron chi connectivity index (χ2n) is 6.00. The fourth-order valence-electron chi connectivity index (χ4n) is 2.90. The van der Waals surface area contributed by atoms with Gasteiger partial charge in [-0.25, -0.2) is 9.37 Å². The molecule has 1 saturated heterocycles. The molecule has 1 aliphatic rings. The van der Waals surface area contributed by atoms with Crippen molar-refractivity contribution in [2.24, 2.45) is 11.7 Å². The summed E-state index contributed by atoms with van der Waals surface area (Å²) in [6, 6.07) is 6.35. The molecular formula is C17H18FN3O2S. The van der Waals surface area contributed by atoms with Crippen LogP contribution in [-0.2, 0) is 4.79 Å². The number of aromatic nitrogens is 1. The minimum Gasteiger partial charge on any atom is -0.369 e. The fourth-order valence-corrected chi connectivity index (χ4v) is 3.72. The molecule has 0 radical (unpaired) electrons. The van der Waals surface area contributed by atoms with Gasteiger partial charge in [0.1, 0.15) is 16.5 Å². The van der Waals surface area contributed by atoms with Crippen molar-refractivity contribution >= 4 is 23.2 Å². The first-order valence-corrected chi connectivity index (χ1v) is 8.66. The van der Waals surface area contributed by atoms with Crippen molar-refractivity contribution in [1.29, 1.82) is 0 Å². The van der Waals surface area contributed by atoms with E-state index in [1.54, 1.807) is 28.5 Å². The van der Waals surface area contributed by atoms with Gasteiger partial charge in [0, 0.05) is 23.5 Å². The van der Waals surface area contributed by atoms with Gasteiger partial charge < -0.3 is 10.6 Å². The van der Waals surface area contributed by atoms with E-state index >= 15 is 0 Å². The van der Waals surface area contributed by atoms with Crippen LogP contribution in [0.4, 0.5) is 4.39 Å². The van der Waals surface area contributed by atoms with Crippen molar-refractivity contribution in [2.75, 3.05) is 6.54 Å². The lowest BCUT2D eigenvalue weighted by molar-refractivity contribution is -0.123. The molecule has 0 aliphatic carbocycles. The van der Waals surface area contributed by atoms with Crippen LogP contribution in [0, 0.1) is 11.7 Å². The molecular weight excluding hydrogens is 329 g/mol. The number of hydrogen-bond donors (Lipinski definition) is 1. The van der Waals surface area contributed by atoms with Crippen LogP contribution in [0.25, 0.3) is 10.6 Å². The van der Waals surface area contributed by atoms with Crippen molar-refractivity contribution < 1.29 is 14.0 Å². The van der Waals surface area contributed by atoms with Gasteiger partial charge >= 0.3 is 0 Å². The highest BCUT2D eigenvalue weighted by molar-refractivity contribution is 7.13. The number of carbonyl (C=O) groups is 2. The quantitative estimate of drug-likeness (QED) is 0.927. The number of benzene rings is 1. The molecule has 2 atom stereocenters. The zero-order chi connectivity index (χ0) is 17.3. The Morgan fingerprint density at radius 1 is 1.33 bits per heavy atom. The van der Waals surface area contributed by atoms with Gasteiger partial charge in [-0.1, -0.05) is 12.1 Å². The number of hydrogen-bond acceptors (Lipinski definition) is 4. The lowest BCUT2D eigenvalue weighted by Crippen LogP contribution is -2.48. The minimum atomic E-state index is -0.384. The van der Waals surface area contributed by atoms with Crippen LogP contribution in [0.1, 0.15) is 30.3 Å². The van der Waals surface area contributed by atoms with Crippen molar-refractivity contribution in [3.63, 3.8) is 0 Å². The van der Waals surface area contributed by atoms with Crippen LogP contribution in [0.2, 0.25) is 0 Å². The minimum absolute atomic E-state index is 0.0201. The van der Waals surface area contributed by atoms with E-state index in [0.717, 1.165) is 6.42 Å². The second kappa shape index (κ2) is 6.68. The largest absolute Gasteiger partial charge is 0.369 e. The van der Waals surface area contributed by atoms with E-state index in [1.165, 1.54) is 17.4 Å². The number of piperidine rings is 1. The fraction of sp³-hybridized carbons (Fsp3) is 0.353. The second-order valence-corrected chi connectivity index (χ2v) is 6.86. The predicted octanol–water partition coefficient (Wildman–Crippen LogP) is 2.68. The van der Waals surface area contributed by atoms with Crippen molar-refractivity contribution in [2.45, 2.75) is 25.8 Å². The maximum Gasteiger partial charge on any atom is 0.273 e. The summed E-state index contributed by atoms with van der Waals surface area (Å²) in [5.74, 6) is -1.32. The first-order chi connectivity index (χ1) is 11.5. The summed E-state index contributed by atoms with van der Waals surface area (Å²) < 4.78 is 13.9. The van der Waals surface area contributed by atoms with Crippen LogP contribution >= 0.6 is 11.3 Å². The molecule has 1 fully saturated rings.